The maximum atomic E-state index is 11.2. The fourth-order valence-electron chi connectivity index (χ4n) is 1.75. The van der Waals surface area contributed by atoms with E-state index in [4.69, 9.17) is 5.73 Å². The van der Waals surface area contributed by atoms with E-state index < -0.39 is 0 Å². The van der Waals surface area contributed by atoms with Gasteiger partial charge in [0, 0.05) is 33.1 Å². The molecule has 0 saturated carbocycles. The minimum Gasteiger partial charge on any atom is -0.492 e. The van der Waals surface area contributed by atoms with Crippen molar-refractivity contribution in [1.29, 1.82) is 0 Å². The Hall–Kier alpha value is -2.05. The Kier molecular flexibility index (Phi) is 2.99. The first kappa shape index (κ1) is 11.4. The molecule has 1 amide bonds. The Bertz CT molecular complexity index is 429. The summed E-state index contributed by atoms with van der Waals surface area (Å²) in [6, 6.07) is 0. The SMILES string of the molecule is CC(=O)N1CCN(c2ncc(N)c(O)n2)CC1. The number of rotatable bonds is 1. The highest BCUT2D eigenvalue weighted by atomic mass is 16.3. The van der Waals surface area contributed by atoms with E-state index in [1.165, 1.54) is 6.20 Å². The molecule has 7 nitrogen and oxygen atoms in total. The van der Waals surface area contributed by atoms with E-state index >= 15 is 0 Å². The molecule has 3 N–H and O–H groups in total. The summed E-state index contributed by atoms with van der Waals surface area (Å²) >= 11 is 0. The fourth-order valence-corrected chi connectivity index (χ4v) is 1.75. The van der Waals surface area contributed by atoms with Crippen LogP contribution in [0.1, 0.15) is 6.92 Å². The van der Waals surface area contributed by atoms with Crippen molar-refractivity contribution in [3.05, 3.63) is 6.20 Å². The molecule has 1 fully saturated rings. The van der Waals surface area contributed by atoms with Crippen molar-refractivity contribution in [2.45, 2.75) is 6.92 Å². The minimum absolute atomic E-state index is 0.0747. The predicted molar refractivity (Wildman–Crippen MR) is 62.6 cm³/mol. The number of piperazine rings is 1. The number of nitrogen functional groups attached to an aromatic ring is 1. The molecule has 0 unspecified atom stereocenters. The topological polar surface area (TPSA) is 95.6 Å². The van der Waals surface area contributed by atoms with Crippen molar-refractivity contribution < 1.29 is 9.90 Å². The minimum atomic E-state index is -0.205. The zero-order valence-electron chi connectivity index (χ0n) is 9.63. The number of carbonyl (C=O) groups is 1. The second-order valence-corrected chi connectivity index (χ2v) is 3.94. The summed E-state index contributed by atoms with van der Waals surface area (Å²) < 4.78 is 0. The normalized spacial score (nSPS) is 16.1. The summed E-state index contributed by atoms with van der Waals surface area (Å²) in [7, 11) is 0. The third-order valence-electron chi connectivity index (χ3n) is 2.79. The summed E-state index contributed by atoms with van der Waals surface area (Å²) in [6.07, 6.45) is 1.38. The molecule has 1 aliphatic rings. The zero-order chi connectivity index (χ0) is 12.4. The van der Waals surface area contributed by atoms with Gasteiger partial charge in [0.25, 0.3) is 0 Å². The molecule has 0 spiro atoms. The smallest absolute Gasteiger partial charge is 0.239 e. The summed E-state index contributed by atoms with van der Waals surface area (Å²) in [5.41, 5.74) is 5.60. The highest BCUT2D eigenvalue weighted by molar-refractivity contribution is 5.73. The molecule has 0 bridgehead atoms. The number of aromatic nitrogens is 2. The van der Waals surface area contributed by atoms with Gasteiger partial charge >= 0.3 is 0 Å². The monoisotopic (exact) mass is 237 g/mol. The lowest BCUT2D eigenvalue weighted by molar-refractivity contribution is -0.129. The molecule has 2 rings (SSSR count). The number of amides is 1. The Balaban J connectivity index is 2.05. The standard InChI is InChI=1S/C10H15N5O2/c1-7(16)14-2-4-15(5-3-14)10-12-6-8(11)9(17)13-10/h6H,2-5,11H2,1H3,(H,12,13,17). The van der Waals surface area contributed by atoms with Gasteiger partial charge in [-0.15, -0.1) is 0 Å². The highest BCUT2D eigenvalue weighted by Crippen LogP contribution is 2.19. The van der Waals surface area contributed by atoms with Gasteiger partial charge in [-0.25, -0.2) is 4.98 Å². The van der Waals surface area contributed by atoms with Crippen LogP contribution in [0.4, 0.5) is 11.6 Å². The number of nitrogens with zero attached hydrogens (tertiary/aromatic N) is 4. The third kappa shape index (κ3) is 2.38. The number of nitrogens with two attached hydrogens (primary N) is 1. The van der Waals surface area contributed by atoms with Crippen molar-refractivity contribution in [3.8, 4) is 5.88 Å². The van der Waals surface area contributed by atoms with E-state index in [1.807, 2.05) is 4.90 Å². The zero-order valence-corrected chi connectivity index (χ0v) is 9.63. The number of anilines is 2. The van der Waals surface area contributed by atoms with Crippen LogP contribution in [0.25, 0.3) is 0 Å². The first-order chi connectivity index (χ1) is 8.08. The Morgan fingerprint density at radius 1 is 1.41 bits per heavy atom. The van der Waals surface area contributed by atoms with E-state index in [0.29, 0.717) is 32.1 Å². The van der Waals surface area contributed by atoms with Gasteiger partial charge in [-0.1, -0.05) is 0 Å². The van der Waals surface area contributed by atoms with E-state index in [1.54, 1.807) is 11.8 Å². The lowest BCUT2D eigenvalue weighted by Crippen LogP contribution is -2.48. The molecule has 1 aromatic rings. The first-order valence-corrected chi connectivity index (χ1v) is 5.40. The molecule has 7 heteroatoms. The van der Waals surface area contributed by atoms with Gasteiger partial charge in [-0.05, 0) is 0 Å². The molecule has 17 heavy (non-hydrogen) atoms. The van der Waals surface area contributed by atoms with E-state index in [-0.39, 0.29) is 17.5 Å². The molecule has 0 aliphatic carbocycles. The maximum absolute atomic E-state index is 11.2. The molecule has 1 aliphatic heterocycles. The van der Waals surface area contributed by atoms with Crippen LogP contribution >= 0.6 is 0 Å². The van der Waals surface area contributed by atoms with E-state index in [0.717, 1.165) is 0 Å². The highest BCUT2D eigenvalue weighted by Gasteiger charge is 2.20. The van der Waals surface area contributed by atoms with Gasteiger partial charge in [0.1, 0.15) is 5.69 Å². The van der Waals surface area contributed by atoms with Crippen LogP contribution in [0.15, 0.2) is 6.20 Å². The van der Waals surface area contributed by atoms with Crippen LogP contribution in [-0.4, -0.2) is 52.1 Å². The predicted octanol–water partition coefficient (Wildman–Crippen LogP) is -0.567. The molecule has 0 aromatic carbocycles. The van der Waals surface area contributed by atoms with Crippen molar-refractivity contribution >= 4 is 17.5 Å². The summed E-state index contributed by atoms with van der Waals surface area (Å²) in [6.45, 7) is 4.15. The van der Waals surface area contributed by atoms with Crippen molar-refractivity contribution in [2.24, 2.45) is 0 Å². The second-order valence-electron chi connectivity index (χ2n) is 3.94. The van der Waals surface area contributed by atoms with Crippen molar-refractivity contribution in [2.75, 3.05) is 36.8 Å². The van der Waals surface area contributed by atoms with Gasteiger partial charge in [-0.3, -0.25) is 4.79 Å². The first-order valence-electron chi connectivity index (χ1n) is 5.40. The van der Waals surface area contributed by atoms with Crippen LogP contribution < -0.4 is 10.6 Å². The van der Waals surface area contributed by atoms with Gasteiger partial charge in [0.15, 0.2) is 0 Å². The molecule has 1 saturated heterocycles. The molecule has 1 aromatic heterocycles. The van der Waals surface area contributed by atoms with E-state index in [9.17, 15) is 9.90 Å². The lowest BCUT2D eigenvalue weighted by atomic mass is 10.3. The van der Waals surface area contributed by atoms with Crippen LogP contribution in [0.2, 0.25) is 0 Å². The molecular weight excluding hydrogens is 222 g/mol. The van der Waals surface area contributed by atoms with Gasteiger partial charge in [-0.2, -0.15) is 4.98 Å². The number of carbonyl (C=O) groups excluding carboxylic acids is 1. The molecule has 0 radical (unpaired) electrons. The average molecular weight is 237 g/mol. The van der Waals surface area contributed by atoms with Crippen molar-refractivity contribution in [1.82, 2.24) is 14.9 Å². The Morgan fingerprint density at radius 2 is 2.06 bits per heavy atom. The Labute approximate surface area is 98.9 Å². The largest absolute Gasteiger partial charge is 0.492 e. The second kappa shape index (κ2) is 4.44. The van der Waals surface area contributed by atoms with E-state index in [2.05, 4.69) is 9.97 Å². The Morgan fingerprint density at radius 3 is 2.59 bits per heavy atom. The number of aromatic hydroxyl groups is 1. The third-order valence-corrected chi connectivity index (χ3v) is 2.79. The lowest BCUT2D eigenvalue weighted by Gasteiger charge is -2.34. The molecule has 2 heterocycles. The van der Waals surface area contributed by atoms with Crippen LogP contribution in [0.5, 0.6) is 5.88 Å². The number of hydrogen-bond donors (Lipinski definition) is 2. The maximum Gasteiger partial charge on any atom is 0.239 e. The van der Waals surface area contributed by atoms with Gasteiger partial charge in [0.05, 0.1) is 6.20 Å². The summed E-state index contributed by atoms with van der Waals surface area (Å²) in [5.74, 6) is 0.314. The summed E-state index contributed by atoms with van der Waals surface area (Å²) in [4.78, 5) is 22.8. The fraction of sp³-hybridized carbons (Fsp3) is 0.500. The molecule has 92 valence electrons. The van der Waals surface area contributed by atoms with Crippen LogP contribution in [0.3, 0.4) is 0 Å². The summed E-state index contributed by atoms with van der Waals surface area (Å²) in [5, 5.41) is 9.40. The molecule has 0 atom stereocenters. The van der Waals surface area contributed by atoms with Crippen LogP contribution in [0, 0.1) is 0 Å². The van der Waals surface area contributed by atoms with Gasteiger partial charge in [0.2, 0.25) is 17.7 Å². The van der Waals surface area contributed by atoms with Gasteiger partial charge < -0.3 is 20.6 Å². The quantitative estimate of drug-likeness (QED) is 0.679. The average Bonchev–Trinajstić information content (AvgIpc) is 2.33. The van der Waals surface area contributed by atoms with Crippen molar-refractivity contribution in [3.63, 3.8) is 0 Å². The number of hydrogen-bond acceptors (Lipinski definition) is 6. The molecular formula is C10H15N5O2. The van der Waals surface area contributed by atoms with Crippen LogP contribution in [-0.2, 0) is 4.79 Å².